The number of piperidine rings is 1. The number of nitrogens with two attached hydrogens (primary N) is 1. The van der Waals surface area contributed by atoms with Crippen molar-refractivity contribution in [1.82, 2.24) is 9.80 Å². The lowest BCUT2D eigenvalue weighted by molar-refractivity contribution is 0.104. The van der Waals surface area contributed by atoms with Gasteiger partial charge in [-0.15, -0.1) is 0 Å². The maximum absolute atomic E-state index is 6.11. The van der Waals surface area contributed by atoms with Crippen LogP contribution in [0.5, 0.6) is 0 Å². The molecule has 0 bridgehead atoms. The van der Waals surface area contributed by atoms with E-state index in [1.807, 2.05) is 0 Å². The average molecular weight is 281 g/mol. The Kier molecular flexibility index (Phi) is 6.79. The van der Waals surface area contributed by atoms with Crippen LogP contribution in [-0.2, 0) is 0 Å². The van der Waals surface area contributed by atoms with Crippen LogP contribution in [0.1, 0.15) is 52.4 Å². The smallest absolute Gasteiger partial charge is 0.00385 e. The first kappa shape index (κ1) is 16.3. The van der Waals surface area contributed by atoms with Gasteiger partial charge in [-0.25, -0.2) is 0 Å². The van der Waals surface area contributed by atoms with Crippen molar-refractivity contribution in [2.24, 2.45) is 17.6 Å². The van der Waals surface area contributed by atoms with E-state index in [1.165, 1.54) is 71.2 Å². The number of hydrogen-bond acceptors (Lipinski definition) is 3. The third kappa shape index (κ3) is 4.71. The highest BCUT2D eigenvalue weighted by atomic mass is 15.2. The monoisotopic (exact) mass is 281 g/mol. The fourth-order valence-corrected chi connectivity index (χ4v) is 3.97. The van der Waals surface area contributed by atoms with E-state index in [1.54, 1.807) is 0 Å². The van der Waals surface area contributed by atoms with Crippen molar-refractivity contribution in [3.63, 3.8) is 0 Å². The average Bonchev–Trinajstić information content (AvgIpc) is 2.73. The molecule has 1 unspecified atom stereocenters. The molecule has 0 aliphatic carbocycles. The van der Waals surface area contributed by atoms with Crippen LogP contribution in [0.3, 0.4) is 0 Å². The van der Waals surface area contributed by atoms with E-state index >= 15 is 0 Å². The molecule has 2 fully saturated rings. The minimum Gasteiger partial charge on any atom is -0.330 e. The van der Waals surface area contributed by atoms with E-state index in [-0.39, 0.29) is 0 Å². The van der Waals surface area contributed by atoms with Gasteiger partial charge in [0, 0.05) is 12.6 Å². The lowest BCUT2D eigenvalue weighted by Gasteiger charge is -2.39. The van der Waals surface area contributed by atoms with Crippen LogP contribution >= 0.6 is 0 Å². The van der Waals surface area contributed by atoms with Gasteiger partial charge in [0.05, 0.1) is 0 Å². The lowest BCUT2D eigenvalue weighted by atomic mass is 9.83. The van der Waals surface area contributed by atoms with Gasteiger partial charge in [-0.05, 0) is 84.1 Å². The maximum atomic E-state index is 6.11. The normalized spacial score (nSPS) is 25.8. The minimum absolute atomic E-state index is 0.706. The summed E-state index contributed by atoms with van der Waals surface area (Å²) in [7, 11) is 0. The summed E-state index contributed by atoms with van der Waals surface area (Å²) in [4.78, 5) is 5.31. The highest BCUT2D eigenvalue weighted by Crippen LogP contribution is 2.27. The van der Waals surface area contributed by atoms with Crippen molar-refractivity contribution >= 4 is 0 Å². The highest BCUT2D eigenvalue weighted by Gasteiger charge is 2.28. The summed E-state index contributed by atoms with van der Waals surface area (Å²) in [5, 5.41) is 0. The predicted octanol–water partition coefficient (Wildman–Crippen LogP) is 2.56. The summed E-state index contributed by atoms with van der Waals surface area (Å²) < 4.78 is 0. The fraction of sp³-hybridized carbons (Fsp3) is 1.00. The topological polar surface area (TPSA) is 32.5 Å². The summed E-state index contributed by atoms with van der Waals surface area (Å²) in [5.74, 6) is 1.58. The Hall–Kier alpha value is -0.120. The molecule has 118 valence electrons. The zero-order valence-corrected chi connectivity index (χ0v) is 13.7. The van der Waals surface area contributed by atoms with Gasteiger partial charge in [-0.3, -0.25) is 0 Å². The van der Waals surface area contributed by atoms with Crippen molar-refractivity contribution < 1.29 is 0 Å². The minimum atomic E-state index is 0.706. The molecule has 0 aromatic rings. The quantitative estimate of drug-likeness (QED) is 0.840. The van der Waals surface area contributed by atoms with E-state index in [4.69, 9.17) is 5.73 Å². The second-order valence-electron chi connectivity index (χ2n) is 7.18. The Balaban J connectivity index is 1.79. The van der Waals surface area contributed by atoms with Gasteiger partial charge in [0.25, 0.3) is 0 Å². The second kappa shape index (κ2) is 8.35. The molecule has 2 heterocycles. The molecule has 0 amide bonds. The molecule has 1 atom stereocenters. The number of rotatable bonds is 5. The van der Waals surface area contributed by atoms with E-state index in [2.05, 4.69) is 23.6 Å². The van der Waals surface area contributed by atoms with Gasteiger partial charge < -0.3 is 15.5 Å². The molecule has 2 aliphatic rings. The van der Waals surface area contributed by atoms with E-state index in [0.717, 1.165) is 18.4 Å². The first-order valence-corrected chi connectivity index (χ1v) is 8.87. The van der Waals surface area contributed by atoms with Crippen molar-refractivity contribution in [1.29, 1.82) is 0 Å². The molecule has 0 aromatic heterocycles. The van der Waals surface area contributed by atoms with Crippen LogP contribution in [0.4, 0.5) is 0 Å². The molecule has 0 spiro atoms. The third-order valence-corrected chi connectivity index (χ3v) is 5.47. The van der Waals surface area contributed by atoms with Crippen molar-refractivity contribution in [3.05, 3.63) is 0 Å². The number of likely N-dealkylation sites (tertiary alicyclic amines) is 2. The summed E-state index contributed by atoms with van der Waals surface area (Å²) in [6.45, 7) is 11.9. The first-order valence-electron chi connectivity index (χ1n) is 8.87. The summed E-state index contributed by atoms with van der Waals surface area (Å²) in [6, 6.07) is 0.706. The van der Waals surface area contributed by atoms with Crippen LogP contribution in [-0.4, -0.2) is 55.1 Å². The molecule has 2 N–H and O–H groups in total. The Morgan fingerprint density at radius 1 is 0.950 bits per heavy atom. The van der Waals surface area contributed by atoms with Gasteiger partial charge >= 0.3 is 0 Å². The highest BCUT2D eigenvalue weighted by molar-refractivity contribution is 4.82. The van der Waals surface area contributed by atoms with Crippen molar-refractivity contribution in [2.45, 2.75) is 58.4 Å². The van der Waals surface area contributed by atoms with Gasteiger partial charge in [-0.2, -0.15) is 0 Å². The second-order valence-corrected chi connectivity index (χ2v) is 7.18. The molecule has 3 heteroatoms. The molecule has 0 aromatic carbocycles. The molecular formula is C17H35N3. The molecule has 20 heavy (non-hydrogen) atoms. The van der Waals surface area contributed by atoms with Crippen LogP contribution in [0.25, 0.3) is 0 Å². The van der Waals surface area contributed by atoms with Gasteiger partial charge in [0.2, 0.25) is 0 Å². The van der Waals surface area contributed by atoms with Crippen molar-refractivity contribution in [3.8, 4) is 0 Å². The van der Waals surface area contributed by atoms with Crippen LogP contribution < -0.4 is 5.73 Å². The van der Waals surface area contributed by atoms with Crippen molar-refractivity contribution in [2.75, 3.05) is 39.3 Å². The molecule has 2 saturated heterocycles. The number of hydrogen-bond donors (Lipinski definition) is 1. The van der Waals surface area contributed by atoms with Gasteiger partial charge in [0.1, 0.15) is 0 Å². The Morgan fingerprint density at radius 2 is 1.55 bits per heavy atom. The third-order valence-electron chi connectivity index (χ3n) is 5.47. The molecule has 2 rings (SSSR count). The van der Waals surface area contributed by atoms with E-state index in [9.17, 15) is 0 Å². The first-order chi connectivity index (χ1) is 9.70. The standard InChI is InChI=1S/C17H35N3/c1-15(2)20-11-7-16(8-12-20)17(13-18)14-19-9-5-3-4-6-10-19/h15-17H,3-14,18H2,1-2H3. The summed E-state index contributed by atoms with van der Waals surface area (Å²) in [5.41, 5.74) is 6.11. The van der Waals surface area contributed by atoms with Gasteiger partial charge in [-0.1, -0.05) is 12.8 Å². The molecule has 0 radical (unpaired) electrons. The SMILES string of the molecule is CC(C)N1CCC(C(CN)CN2CCCCCC2)CC1. The van der Waals surface area contributed by atoms with Gasteiger partial charge in [0.15, 0.2) is 0 Å². The predicted molar refractivity (Wildman–Crippen MR) is 86.9 cm³/mol. The van der Waals surface area contributed by atoms with E-state index in [0.29, 0.717) is 6.04 Å². The Morgan fingerprint density at radius 3 is 2.05 bits per heavy atom. The van der Waals surface area contributed by atoms with Crippen LogP contribution in [0.15, 0.2) is 0 Å². The largest absolute Gasteiger partial charge is 0.330 e. The zero-order valence-electron chi connectivity index (χ0n) is 13.7. The van der Waals surface area contributed by atoms with E-state index < -0.39 is 0 Å². The Bertz CT molecular complexity index is 251. The zero-order chi connectivity index (χ0) is 14.4. The summed E-state index contributed by atoms with van der Waals surface area (Å²) in [6.07, 6.45) is 8.35. The Labute approximate surface area is 125 Å². The molecule has 0 saturated carbocycles. The van der Waals surface area contributed by atoms with Crippen LogP contribution in [0.2, 0.25) is 0 Å². The lowest BCUT2D eigenvalue weighted by Crippen LogP contribution is -2.44. The number of nitrogens with zero attached hydrogens (tertiary/aromatic N) is 2. The molecule has 2 aliphatic heterocycles. The molecular weight excluding hydrogens is 246 g/mol. The maximum Gasteiger partial charge on any atom is 0.00385 e. The summed E-state index contributed by atoms with van der Waals surface area (Å²) >= 11 is 0. The molecule has 3 nitrogen and oxygen atoms in total. The van der Waals surface area contributed by atoms with Crippen LogP contribution in [0, 0.1) is 11.8 Å². The fourth-order valence-electron chi connectivity index (χ4n) is 3.97.